The summed E-state index contributed by atoms with van der Waals surface area (Å²) in [6, 6.07) is -0.999. The van der Waals surface area contributed by atoms with E-state index in [-0.39, 0.29) is 19.3 Å². The first-order chi connectivity index (χ1) is 12.4. The Bertz CT molecular complexity index is 451. The summed E-state index contributed by atoms with van der Waals surface area (Å²) >= 11 is 0. The van der Waals surface area contributed by atoms with Crippen LogP contribution < -0.4 is 10.6 Å². The summed E-state index contributed by atoms with van der Waals surface area (Å²) in [4.78, 5) is 46.4. The molecule has 0 aromatic heterocycles. The van der Waals surface area contributed by atoms with Gasteiger partial charge in [-0.3, -0.25) is 19.2 Å². The number of hydrogen-bond donors (Lipinski definition) is 3. The Hall–Kier alpha value is -1.92. The lowest BCUT2D eigenvalue weighted by atomic mass is 10.1. The number of nitrogens with one attached hydrogen (secondary N) is 2. The maximum Gasteiger partial charge on any atom is 0.303 e. The summed E-state index contributed by atoms with van der Waals surface area (Å²) in [7, 11) is 0. The van der Waals surface area contributed by atoms with E-state index in [0.717, 1.165) is 19.3 Å². The molecule has 0 aromatic rings. The van der Waals surface area contributed by atoms with E-state index in [4.69, 9.17) is 5.11 Å². The summed E-state index contributed by atoms with van der Waals surface area (Å²) in [5, 5.41) is 13.6. The molecule has 0 aromatic carbocycles. The summed E-state index contributed by atoms with van der Waals surface area (Å²) in [5.41, 5.74) is 0. The molecule has 0 aliphatic rings. The summed E-state index contributed by atoms with van der Waals surface area (Å²) in [6.45, 7) is 4.26. The number of aliphatic carboxylic acids is 1. The van der Waals surface area contributed by atoms with E-state index in [9.17, 15) is 19.2 Å². The van der Waals surface area contributed by atoms with E-state index in [2.05, 4.69) is 17.6 Å². The number of carboxylic acids is 1. The van der Waals surface area contributed by atoms with Crippen LogP contribution in [0.3, 0.4) is 0 Å². The number of carbonyl (C=O) groups excluding carboxylic acids is 3. The zero-order valence-corrected chi connectivity index (χ0v) is 16.1. The second-order valence-electron chi connectivity index (χ2n) is 6.50. The second-order valence-corrected chi connectivity index (χ2v) is 6.50. The van der Waals surface area contributed by atoms with Gasteiger partial charge in [0.25, 0.3) is 5.91 Å². The Morgan fingerprint density at radius 3 is 1.96 bits per heavy atom. The van der Waals surface area contributed by atoms with Gasteiger partial charge in [0, 0.05) is 19.4 Å². The standard InChI is InChI=1S/C19H34N2O5/c1-3-5-6-7-8-9-10-11-12-16(22)19(26)21-15(13-14-17(23)24)18(25)20-4-2/h15H,3-14H2,1-2H3,(H,20,25)(H,21,26)(H,23,24)/t15-/m1/s1. The van der Waals surface area contributed by atoms with Crippen LogP contribution in [0, 0.1) is 0 Å². The lowest BCUT2D eigenvalue weighted by molar-refractivity contribution is -0.140. The Labute approximate surface area is 156 Å². The van der Waals surface area contributed by atoms with E-state index in [0.29, 0.717) is 13.0 Å². The SMILES string of the molecule is CCCCCCCCCCC(=O)C(=O)N[C@H](CCC(=O)O)C(=O)NCC. The zero-order valence-electron chi connectivity index (χ0n) is 16.1. The monoisotopic (exact) mass is 370 g/mol. The van der Waals surface area contributed by atoms with Gasteiger partial charge in [0.05, 0.1) is 0 Å². The van der Waals surface area contributed by atoms with Crippen molar-refractivity contribution in [2.45, 2.75) is 90.5 Å². The first kappa shape index (κ1) is 24.1. The van der Waals surface area contributed by atoms with Gasteiger partial charge in [-0.1, -0.05) is 51.9 Å². The molecule has 0 spiro atoms. The van der Waals surface area contributed by atoms with Crippen LogP contribution in [0.4, 0.5) is 0 Å². The fraction of sp³-hybridized carbons (Fsp3) is 0.789. The number of carbonyl (C=O) groups is 4. The van der Waals surface area contributed by atoms with Crippen LogP contribution in [0.2, 0.25) is 0 Å². The topological polar surface area (TPSA) is 113 Å². The highest BCUT2D eigenvalue weighted by molar-refractivity contribution is 6.36. The molecule has 0 saturated heterocycles. The number of carboxylic acid groups (broad SMARTS) is 1. The van der Waals surface area contributed by atoms with Crippen LogP contribution in [0.25, 0.3) is 0 Å². The molecule has 1 atom stereocenters. The third-order valence-electron chi connectivity index (χ3n) is 4.13. The van der Waals surface area contributed by atoms with Crippen molar-refractivity contribution in [2.24, 2.45) is 0 Å². The molecule has 26 heavy (non-hydrogen) atoms. The van der Waals surface area contributed by atoms with Crippen molar-refractivity contribution in [3.8, 4) is 0 Å². The van der Waals surface area contributed by atoms with E-state index in [1.54, 1.807) is 6.92 Å². The summed E-state index contributed by atoms with van der Waals surface area (Å²) in [5.74, 6) is -2.89. The summed E-state index contributed by atoms with van der Waals surface area (Å²) in [6.07, 6.45) is 8.54. The van der Waals surface area contributed by atoms with Crippen molar-refractivity contribution in [3.05, 3.63) is 0 Å². The number of amides is 2. The molecule has 3 N–H and O–H groups in total. The molecular weight excluding hydrogens is 336 g/mol. The third-order valence-corrected chi connectivity index (χ3v) is 4.13. The predicted molar refractivity (Wildman–Crippen MR) is 99.7 cm³/mol. The first-order valence-corrected chi connectivity index (χ1v) is 9.75. The van der Waals surface area contributed by atoms with Crippen LogP contribution in [0.15, 0.2) is 0 Å². The number of rotatable bonds is 16. The quantitative estimate of drug-likeness (QED) is 0.285. The lowest BCUT2D eigenvalue weighted by Crippen LogP contribution is -2.48. The molecule has 150 valence electrons. The molecule has 2 amide bonds. The van der Waals surface area contributed by atoms with Crippen LogP contribution in [0.1, 0.15) is 84.5 Å². The Morgan fingerprint density at radius 2 is 1.42 bits per heavy atom. The largest absolute Gasteiger partial charge is 0.481 e. The van der Waals surface area contributed by atoms with E-state index in [1.807, 2.05) is 0 Å². The number of Topliss-reactive ketones (excluding diaryl/α,β-unsaturated/α-hetero) is 1. The number of likely N-dealkylation sites (N-methyl/N-ethyl adjacent to an activating group) is 1. The van der Waals surface area contributed by atoms with Gasteiger partial charge in [0.15, 0.2) is 0 Å². The Kier molecular flexibility index (Phi) is 14.2. The van der Waals surface area contributed by atoms with Crippen molar-refractivity contribution in [1.82, 2.24) is 10.6 Å². The summed E-state index contributed by atoms with van der Waals surface area (Å²) < 4.78 is 0. The highest BCUT2D eigenvalue weighted by Gasteiger charge is 2.24. The highest BCUT2D eigenvalue weighted by atomic mass is 16.4. The first-order valence-electron chi connectivity index (χ1n) is 9.75. The predicted octanol–water partition coefficient (Wildman–Crippen LogP) is 2.57. The molecule has 0 radical (unpaired) electrons. The zero-order chi connectivity index (χ0) is 19.8. The molecule has 0 fully saturated rings. The molecule has 0 aliphatic carbocycles. The average molecular weight is 370 g/mol. The van der Waals surface area contributed by atoms with Gasteiger partial charge in [0.2, 0.25) is 11.7 Å². The second kappa shape index (κ2) is 15.3. The van der Waals surface area contributed by atoms with Gasteiger partial charge in [-0.2, -0.15) is 0 Å². The van der Waals surface area contributed by atoms with Gasteiger partial charge in [-0.25, -0.2) is 0 Å². The maximum atomic E-state index is 12.0. The van der Waals surface area contributed by atoms with Crippen molar-refractivity contribution in [3.63, 3.8) is 0 Å². The van der Waals surface area contributed by atoms with E-state index >= 15 is 0 Å². The van der Waals surface area contributed by atoms with Gasteiger partial charge in [-0.05, 0) is 19.8 Å². The van der Waals surface area contributed by atoms with E-state index < -0.39 is 29.6 Å². The average Bonchev–Trinajstić information content (AvgIpc) is 2.60. The Morgan fingerprint density at radius 1 is 0.846 bits per heavy atom. The molecule has 0 aliphatic heterocycles. The van der Waals surface area contributed by atoms with Gasteiger partial charge >= 0.3 is 5.97 Å². The normalized spacial score (nSPS) is 11.6. The minimum absolute atomic E-state index is 0.0437. The van der Waals surface area contributed by atoms with E-state index in [1.165, 1.54) is 25.7 Å². The van der Waals surface area contributed by atoms with Gasteiger partial charge < -0.3 is 15.7 Å². The fourth-order valence-corrected chi connectivity index (χ4v) is 2.61. The smallest absolute Gasteiger partial charge is 0.303 e. The third kappa shape index (κ3) is 12.4. The molecule has 0 saturated carbocycles. The van der Waals surface area contributed by atoms with Crippen LogP contribution in [-0.4, -0.2) is 41.3 Å². The van der Waals surface area contributed by atoms with Gasteiger partial charge in [-0.15, -0.1) is 0 Å². The lowest BCUT2D eigenvalue weighted by Gasteiger charge is -2.16. The molecular formula is C19H34N2O5. The molecule has 0 heterocycles. The van der Waals surface area contributed by atoms with Crippen LogP contribution >= 0.6 is 0 Å². The van der Waals surface area contributed by atoms with Crippen molar-refractivity contribution < 1.29 is 24.3 Å². The number of hydrogen-bond acceptors (Lipinski definition) is 4. The number of unbranched alkanes of at least 4 members (excludes halogenated alkanes) is 7. The Balaban J connectivity index is 4.15. The minimum atomic E-state index is -1.06. The van der Waals surface area contributed by atoms with Crippen molar-refractivity contribution in [2.75, 3.05) is 6.54 Å². The minimum Gasteiger partial charge on any atom is -0.481 e. The van der Waals surface area contributed by atoms with Crippen molar-refractivity contribution in [1.29, 1.82) is 0 Å². The van der Waals surface area contributed by atoms with Crippen molar-refractivity contribution >= 4 is 23.6 Å². The maximum absolute atomic E-state index is 12.0. The molecule has 0 rings (SSSR count). The molecule has 0 unspecified atom stereocenters. The molecule has 0 bridgehead atoms. The molecule has 7 heteroatoms. The van der Waals surface area contributed by atoms with Crippen LogP contribution in [0.5, 0.6) is 0 Å². The fourth-order valence-electron chi connectivity index (χ4n) is 2.61. The highest BCUT2D eigenvalue weighted by Crippen LogP contribution is 2.10. The van der Waals surface area contributed by atoms with Gasteiger partial charge in [0.1, 0.15) is 6.04 Å². The van der Waals surface area contributed by atoms with Crippen LogP contribution in [-0.2, 0) is 19.2 Å². The number of ketones is 1. The molecule has 7 nitrogen and oxygen atoms in total.